The Labute approximate surface area is 143 Å². The molecule has 7 nitrogen and oxygen atoms in total. The van der Waals surface area contributed by atoms with E-state index in [0.29, 0.717) is 11.5 Å². The molecule has 0 aliphatic carbocycles. The highest BCUT2D eigenvalue weighted by atomic mass is 35.5. The van der Waals surface area contributed by atoms with Crippen LogP contribution >= 0.6 is 11.6 Å². The second-order valence-electron chi connectivity index (χ2n) is 4.85. The first-order chi connectivity index (χ1) is 11.4. The van der Waals surface area contributed by atoms with Crippen molar-refractivity contribution < 1.29 is 19.2 Å². The fourth-order valence-corrected chi connectivity index (χ4v) is 2.03. The summed E-state index contributed by atoms with van der Waals surface area (Å²) in [6, 6.07) is 10.6. The molecule has 1 atom stereocenters. The second kappa shape index (κ2) is 7.65. The largest absolute Gasteiger partial charge is 0.497 e. The first-order valence-corrected chi connectivity index (χ1v) is 7.34. The van der Waals surface area contributed by atoms with Crippen molar-refractivity contribution in [2.45, 2.75) is 13.0 Å². The second-order valence-corrected chi connectivity index (χ2v) is 5.25. The molecule has 0 aliphatic rings. The van der Waals surface area contributed by atoms with Crippen molar-refractivity contribution in [3.8, 4) is 11.5 Å². The lowest BCUT2D eigenvalue weighted by Crippen LogP contribution is -2.30. The molecule has 0 aromatic heterocycles. The molecule has 0 saturated carbocycles. The van der Waals surface area contributed by atoms with Gasteiger partial charge in [-0.3, -0.25) is 14.9 Å². The molecule has 126 valence electrons. The van der Waals surface area contributed by atoms with Gasteiger partial charge in [-0.25, -0.2) is 0 Å². The van der Waals surface area contributed by atoms with Crippen molar-refractivity contribution in [1.29, 1.82) is 0 Å². The summed E-state index contributed by atoms with van der Waals surface area (Å²) in [5, 5.41) is 13.5. The molecule has 2 aromatic carbocycles. The van der Waals surface area contributed by atoms with Gasteiger partial charge in [0.05, 0.1) is 22.7 Å². The van der Waals surface area contributed by atoms with Gasteiger partial charge in [-0.1, -0.05) is 11.6 Å². The number of nitrogens with zero attached hydrogens (tertiary/aromatic N) is 1. The summed E-state index contributed by atoms with van der Waals surface area (Å²) in [6.07, 6.45) is -0.825. The van der Waals surface area contributed by atoms with E-state index in [1.54, 1.807) is 38.3 Å². The highest BCUT2D eigenvalue weighted by Gasteiger charge is 2.18. The summed E-state index contributed by atoms with van der Waals surface area (Å²) in [6.45, 7) is 1.56. The molecule has 1 N–H and O–H groups in total. The number of nitro benzene ring substituents is 1. The fourth-order valence-electron chi connectivity index (χ4n) is 1.87. The Morgan fingerprint density at radius 3 is 2.42 bits per heavy atom. The lowest BCUT2D eigenvalue weighted by molar-refractivity contribution is -0.384. The number of carbonyl (C=O) groups is 1. The Morgan fingerprint density at radius 2 is 1.83 bits per heavy atom. The van der Waals surface area contributed by atoms with Crippen LogP contribution in [0.1, 0.15) is 6.92 Å². The van der Waals surface area contributed by atoms with Crippen LogP contribution in [0.5, 0.6) is 11.5 Å². The Kier molecular flexibility index (Phi) is 5.59. The minimum absolute atomic E-state index is 0.154. The van der Waals surface area contributed by atoms with Crippen LogP contribution in [0.25, 0.3) is 0 Å². The number of nitro groups is 1. The summed E-state index contributed by atoms with van der Waals surface area (Å²) in [4.78, 5) is 22.4. The SMILES string of the molecule is COc1ccc(O[C@@H](C)C(=O)Nc2cc([N+](=O)[O-])ccc2Cl)cc1. The number of carbonyl (C=O) groups excluding carboxylic acids is 1. The average Bonchev–Trinajstić information content (AvgIpc) is 2.57. The number of benzene rings is 2. The summed E-state index contributed by atoms with van der Waals surface area (Å²) >= 11 is 5.95. The quantitative estimate of drug-likeness (QED) is 0.634. The number of ether oxygens (including phenoxy) is 2. The third-order valence-electron chi connectivity index (χ3n) is 3.16. The van der Waals surface area contributed by atoms with Gasteiger partial charge in [0.25, 0.3) is 11.6 Å². The summed E-state index contributed by atoms with van der Waals surface area (Å²) in [5.41, 5.74) is -0.0144. The van der Waals surface area contributed by atoms with Gasteiger partial charge < -0.3 is 14.8 Å². The molecule has 0 spiro atoms. The van der Waals surface area contributed by atoms with Gasteiger partial charge in [0.15, 0.2) is 6.10 Å². The van der Waals surface area contributed by atoms with E-state index in [1.807, 2.05) is 0 Å². The first kappa shape index (κ1) is 17.6. The van der Waals surface area contributed by atoms with Crippen LogP contribution in [0.4, 0.5) is 11.4 Å². The van der Waals surface area contributed by atoms with Crippen LogP contribution in [-0.4, -0.2) is 24.0 Å². The van der Waals surface area contributed by atoms with E-state index in [2.05, 4.69) is 5.32 Å². The van der Waals surface area contributed by atoms with Crippen molar-refractivity contribution in [3.05, 3.63) is 57.6 Å². The number of hydrogen-bond acceptors (Lipinski definition) is 5. The highest BCUT2D eigenvalue weighted by molar-refractivity contribution is 6.33. The molecule has 2 aromatic rings. The number of anilines is 1. The molecule has 1 amide bonds. The van der Waals surface area contributed by atoms with Crippen LogP contribution < -0.4 is 14.8 Å². The Balaban J connectivity index is 2.05. The van der Waals surface area contributed by atoms with Gasteiger partial charge in [-0.2, -0.15) is 0 Å². The molecule has 0 heterocycles. The van der Waals surface area contributed by atoms with E-state index in [0.717, 1.165) is 0 Å². The lowest BCUT2D eigenvalue weighted by Gasteiger charge is -2.15. The third kappa shape index (κ3) is 4.36. The van der Waals surface area contributed by atoms with Crippen LogP contribution in [0.15, 0.2) is 42.5 Å². The van der Waals surface area contributed by atoms with Crippen molar-refractivity contribution >= 4 is 28.9 Å². The smallest absolute Gasteiger partial charge is 0.271 e. The molecule has 8 heteroatoms. The molecule has 0 fully saturated rings. The molecule has 0 aliphatic heterocycles. The monoisotopic (exact) mass is 350 g/mol. The van der Waals surface area contributed by atoms with E-state index in [9.17, 15) is 14.9 Å². The number of hydrogen-bond donors (Lipinski definition) is 1. The molecule has 2 rings (SSSR count). The molecular formula is C16H15ClN2O5. The normalized spacial score (nSPS) is 11.5. The van der Waals surface area contributed by atoms with E-state index in [-0.39, 0.29) is 16.4 Å². The van der Waals surface area contributed by atoms with E-state index >= 15 is 0 Å². The number of nitrogens with one attached hydrogen (secondary N) is 1. The Morgan fingerprint density at radius 1 is 1.21 bits per heavy atom. The van der Waals surface area contributed by atoms with Crippen molar-refractivity contribution in [2.75, 3.05) is 12.4 Å². The van der Waals surface area contributed by atoms with Crippen LogP contribution in [0.3, 0.4) is 0 Å². The van der Waals surface area contributed by atoms with Gasteiger partial charge in [0.2, 0.25) is 0 Å². The lowest BCUT2D eigenvalue weighted by atomic mass is 10.2. The van der Waals surface area contributed by atoms with E-state index in [4.69, 9.17) is 21.1 Å². The number of halogens is 1. The standard InChI is InChI=1S/C16H15ClN2O5/c1-10(24-13-6-4-12(23-2)5-7-13)16(20)18-15-9-11(19(21)22)3-8-14(15)17/h3-10H,1-2H3,(H,18,20)/t10-/m0/s1. The Bertz CT molecular complexity index is 749. The summed E-state index contributed by atoms with van der Waals surface area (Å²) < 4.78 is 10.6. The van der Waals surface area contributed by atoms with Crippen LogP contribution in [0.2, 0.25) is 5.02 Å². The van der Waals surface area contributed by atoms with Gasteiger partial charge in [-0.05, 0) is 37.3 Å². The van der Waals surface area contributed by atoms with Crippen molar-refractivity contribution in [1.82, 2.24) is 0 Å². The van der Waals surface area contributed by atoms with Crippen molar-refractivity contribution in [2.24, 2.45) is 0 Å². The van der Waals surface area contributed by atoms with Gasteiger partial charge in [0.1, 0.15) is 11.5 Å². The van der Waals surface area contributed by atoms with E-state index < -0.39 is 16.9 Å². The summed E-state index contributed by atoms with van der Waals surface area (Å²) in [7, 11) is 1.55. The first-order valence-electron chi connectivity index (χ1n) is 6.96. The summed E-state index contributed by atoms with van der Waals surface area (Å²) in [5.74, 6) is 0.680. The maximum atomic E-state index is 12.2. The van der Waals surface area contributed by atoms with Crippen LogP contribution in [0, 0.1) is 10.1 Å². The van der Waals surface area contributed by atoms with Crippen LogP contribution in [-0.2, 0) is 4.79 Å². The van der Waals surface area contributed by atoms with Gasteiger partial charge >= 0.3 is 0 Å². The van der Waals surface area contributed by atoms with Gasteiger partial charge in [-0.15, -0.1) is 0 Å². The maximum Gasteiger partial charge on any atom is 0.271 e. The molecule has 0 saturated heterocycles. The predicted octanol–water partition coefficient (Wildman–Crippen LogP) is 3.66. The van der Waals surface area contributed by atoms with E-state index in [1.165, 1.54) is 18.2 Å². The maximum absolute atomic E-state index is 12.2. The fraction of sp³-hybridized carbons (Fsp3) is 0.188. The average molecular weight is 351 g/mol. The number of rotatable bonds is 6. The molecule has 0 radical (unpaired) electrons. The number of amides is 1. The van der Waals surface area contributed by atoms with Crippen molar-refractivity contribution in [3.63, 3.8) is 0 Å². The zero-order chi connectivity index (χ0) is 17.7. The molecular weight excluding hydrogens is 336 g/mol. The zero-order valence-corrected chi connectivity index (χ0v) is 13.7. The Hall–Kier alpha value is -2.80. The topological polar surface area (TPSA) is 90.7 Å². The predicted molar refractivity (Wildman–Crippen MR) is 89.8 cm³/mol. The van der Waals surface area contributed by atoms with Gasteiger partial charge in [0, 0.05) is 12.1 Å². The molecule has 0 unspecified atom stereocenters. The zero-order valence-electron chi connectivity index (χ0n) is 13.0. The third-order valence-corrected chi connectivity index (χ3v) is 3.49. The minimum atomic E-state index is -0.825. The number of non-ortho nitro benzene ring substituents is 1. The molecule has 24 heavy (non-hydrogen) atoms. The molecule has 0 bridgehead atoms. The number of methoxy groups -OCH3 is 1. The highest BCUT2D eigenvalue weighted by Crippen LogP contribution is 2.27. The minimum Gasteiger partial charge on any atom is -0.497 e.